The summed E-state index contributed by atoms with van der Waals surface area (Å²) in [6, 6.07) is 0. The predicted molar refractivity (Wildman–Crippen MR) is 62.7 cm³/mol. The third kappa shape index (κ3) is 6.73. The van der Waals surface area contributed by atoms with Crippen LogP contribution in [0.4, 0.5) is 0 Å². The molecule has 0 aliphatic carbocycles. The molecule has 0 aromatic carbocycles. The van der Waals surface area contributed by atoms with Gasteiger partial charge in [-0.2, -0.15) is 11.1 Å². The fourth-order valence-corrected chi connectivity index (χ4v) is 1.77. The maximum absolute atomic E-state index is 10.8. The monoisotopic (exact) mass is 229 g/mol. The molecule has 1 rings (SSSR count). The fourth-order valence-electron chi connectivity index (χ4n) is 1.77. The minimum Gasteiger partial charge on any atom is -0.369 e. The first-order valence-corrected chi connectivity index (χ1v) is 6.06. The van der Waals surface area contributed by atoms with Crippen LogP contribution < -0.4 is 22.2 Å². The zero-order valence-electron chi connectivity index (χ0n) is 9.80. The number of hydrazine groups is 3. The van der Waals surface area contributed by atoms with Crippen molar-refractivity contribution in [1.82, 2.24) is 21.5 Å². The van der Waals surface area contributed by atoms with Crippen LogP contribution >= 0.6 is 0 Å². The van der Waals surface area contributed by atoms with Crippen LogP contribution in [0.1, 0.15) is 38.5 Å². The molecule has 1 aliphatic rings. The smallest absolute Gasteiger partial charge is 0.233 e. The van der Waals surface area contributed by atoms with Gasteiger partial charge < -0.3 is 5.73 Å². The molecule has 0 atom stereocenters. The van der Waals surface area contributed by atoms with Crippen molar-refractivity contribution >= 4 is 5.91 Å². The molecular weight excluding hydrogens is 206 g/mol. The maximum atomic E-state index is 10.8. The van der Waals surface area contributed by atoms with Crippen LogP contribution in [0.25, 0.3) is 0 Å². The predicted octanol–water partition coefficient (Wildman–Crippen LogP) is -0.358. The van der Waals surface area contributed by atoms with Gasteiger partial charge in [-0.25, -0.2) is 10.4 Å². The Morgan fingerprint density at radius 3 is 2.56 bits per heavy atom. The molecule has 94 valence electrons. The van der Waals surface area contributed by atoms with Gasteiger partial charge in [-0.1, -0.05) is 25.7 Å². The summed E-state index contributed by atoms with van der Waals surface area (Å²) in [7, 11) is 0. The van der Waals surface area contributed by atoms with Gasteiger partial charge in [-0.05, 0) is 12.8 Å². The summed E-state index contributed by atoms with van der Waals surface area (Å²) in [4.78, 5) is 10.8. The average Bonchev–Trinajstić information content (AvgIpc) is 2.21. The van der Waals surface area contributed by atoms with Gasteiger partial charge in [0, 0.05) is 13.1 Å². The van der Waals surface area contributed by atoms with Crippen LogP contribution in [0.3, 0.4) is 0 Å². The van der Waals surface area contributed by atoms with Crippen molar-refractivity contribution in [2.45, 2.75) is 38.5 Å². The van der Waals surface area contributed by atoms with E-state index in [1.807, 2.05) is 0 Å². The van der Waals surface area contributed by atoms with Gasteiger partial charge in [-0.3, -0.25) is 4.79 Å². The number of nitrogens with one attached hydrogen (secondary N) is 3. The van der Waals surface area contributed by atoms with E-state index in [9.17, 15) is 4.79 Å². The minimum absolute atomic E-state index is 0.231. The third-order valence-corrected chi connectivity index (χ3v) is 2.63. The summed E-state index contributed by atoms with van der Waals surface area (Å²) in [5, 5.41) is 1.80. The van der Waals surface area contributed by atoms with E-state index in [2.05, 4.69) is 16.5 Å². The molecule has 0 radical (unpaired) electrons. The van der Waals surface area contributed by atoms with Gasteiger partial charge in [0.05, 0.1) is 6.54 Å². The molecule has 0 aromatic rings. The summed E-state index contributed by atoms with van der Waals surface area (Å²) in [5.74, 6) is -0.318. The minimum atomic E-state index is -0.318. The van der Waals surface area contributed by atoms with Gasteiger partial charge in [0.2, 0.25) is 5.91 Å². The fraction of sp³-hybridized carbons (Fsp3) is 0.900. The van der Waals surface area contributed by atoms with Crippen molar-refractivity contribution in [1.29, 1.82) is 0 Å². The SMILES string of the molecule is NC(=O)CN1CCCCCCCCNNN1. The highest BCUT2D eigenvalue weighted by Gasteiger charge is 2.07. The Morgan fingerprint density at radius 2 is 1.81 bits per heavy atom. The Balaban J connectivity index is 2.27. The van der Waals surface area contributed by atoms with E-state index in [0.29, 0.717) is 0 Å². The first-order valence-electron chi connectivity index (χ1n) is 6.06. The zero-order valence-corrected chi connectivity index (χ0v) is 9.80. The molecule has 0 saturated carbocycles. The van der Waals surface area contributed by atoms with E-state index in [0.717, 1.165) is 19.5 Å². The molecule has 6 nitrogen and oxygen atoms in total. The summed E-state index contributed by atoms with van der Waals surface area (Å²) < 4.78 is 0. The topological polar surface area (TPSA) is 82.4 Å². The lowest BCUT2D eigenvalue weighted by Gasteiger charge is -2.23. The van der Waals surface area contributed by atoms with E-state index < -0.39 is 0 Å². The van der Waals surface area contributed by atoms with E-state index >= 15 is 0 Å². The number of amides is 1. The van der Waals surface area contributed by atoms with Crippen molar-refractivity contribution in [2.75, 3.05) is 19.6 Å². The zero-order chi connectivity index (χ0) is 11.6. The highest BCUT2D eigenvalue weighted by Crippen LogP contribution is 2.05. The molecule has 1 amide bonds. The van der Waals surface area contributed by atoms with E-state index in [1.165, 1.54) is 32.1 Å². The second-order valence-electron chi connectivity index (χ2n) is 4.17. The number of hydrogen-bond donors (Lipinski definition) is 4. The third-order valence-electron chi connectivity index (χ3n) is 2.63. The molecule has 5 N–H and O–H groups in total. The lowest BCUT2D eigenvalue weighted by Crippen LogP contribution is -2.55. The van der Waals surface area contributed by atoms with E-state index in [4.69, 9.17) is 5.73 Å². The summed E-state index contributed by atoms with van der Waals surface area (Å²) >= 11 is 0. The Morgan fingerprint density at radius 1 is 1.12 bits per heavy atom. The van der Waals surface area contributed by atoms with Gasteiger partial charge in [0.1, 0.15) is 0 Å². The molecule has 0 unspecified atom stereocenters. The number of carbonyl (C=O) groups excluding carboxylic acids is 1. The molecule has 1 saturated heterocycles. The Bertz CT molecular complexity index is 188. The summed E-state index contributed by atoms with van der Waals surface area (Å²) in [6.07, 6.45) is 7.32. The highest BCUT2D eigenvalue weighted by molar-refractivity contribution is 5.75. The van der Waals surface area contributed by atoms with Gasteiger partial charge >= 0.3 is 0 Å². The number of nitrogens with zero attached hydrogens (tertiary/aromatic N) is 1. The summed E-state index contributed by atoms with van der Waals surface area (Å²) in [6.45, 7) is 1.99. The number of nitrogens with two attached hydrogens (primary N) is 1. The van der Waals surface area contributed by atoms with Crippen molar-refractivity contribution in [3.8, 4) is 0 Å². The first kappa shape index (κ1) is 13.4. The van der Waals surface area contributed by atoms with E-state index in [1.54, 1.807) is 5.01 Å². The largest absolute Gasteiger partial charge is 0.369 e. The summed E-state index contributed by atoms with van der Waals surface area (Å²) in [5.41, 5.74) is 14.0. The van der Waals surface area contributed by atoms with E-state index in [-0.39, 0.29) is 12.5 Å². The van der Waals surface area contributed by atoms with Gasteiger partial charge in [0.25, 0.3) is 0 Å². The van der Waals surface area contributed by atoms with Crippen LogP contribution in [0.5, 0.6) is 0 Å². The van der Waals surface area contributed by atoms with Crippen LogP contribution in [0, 0.1) is 0 Å². The highest BCUT2D eigenvalue weighted by atomic mass is 16.1. The second kappa shape index (κ2) is 8.46. The van der Waals surface area contributed by atoms with Crippen LogP contribution in [-0.2, 0) is 4.79 Å². The maximum Gasteiger partial charge on any atom is 0.233 e. The molecule has 16 heavy (non-hydrogen) atoms. The van der Waals surface area contributed by atoms with Gasteiger partial charge in [-0.15, -0.1) is 0 Å². The number of hydrogen-bond acceptors (Lipinski definition) is 5. The molecule has 0 bridgehead atoms. The van der Waals surface area contributed by atoms with Crippen molar-refractivity contribution in [3.63, 3.8) is 0 Å². The normalized spacial score (nSPS) is 22.0. The molecule has 1 heterocycles. The molecule has 1 aliphatic heterocycles. The Hall–Kier alpha value is -0.690. The molecular formula is C10H23N5O. The Labute approximate surface area is 96.8 Å². The first-order chi connectivity index (χ1) is 7.79. The second-order valence-corrected chi connectivity index (χ2v) is 4.17. The molecule has 0 spiro atoms. The van der Waals surface area contributed by atoms with Crippen molar-refractivity contribution in [3.05, 3.63) is 0 Å². The van der Waals surface area contributed by atoms with Gasteiger partial charge in [0.15, 0.2) is 0 Å². The van der Waals surface area contributed by atoms with Crippen LogP contribution in [0.15, 0.2) is 0 Å². The van der Waals surface area contributed by atoms with Crippen LogP contribution in [-0.4, -0.2) is 30.6 Å². The number of primary amides is 1. The molecule has 6 heteroatoms. The van der Waals surface area contributed by atoms with Crippen molar-refractivity contribution < 1.29 is 4.79 Å². The quantitative estimate of drug-likeness (QED) is 0.520. The Kier molecular flexibility index (Phi) is 7.07. The standard InChI is InChI=1S/C10H23N5O/c11-10(16)9-15-8-6-4-2-1-3-5-7-12-13-14-15/h12-14H,1-9H2,(H2,11,16). The number of carbonyl (C=O) groups is 1. The van der Waals surface area contributed by atoms with Crippen LogP contribution in [0.2, 0.25) is 0 Å². The average molecular weight is 229 g/mol. The van der Waals surface area contributed by atoms with Crippen molar-refractivity contribution in [2.24, 2.45) is 5.73 Å². The number of rotatable bonds is 2. The lowest BCUT2D eigenvalue weighted by atomic mass is 10.1. The lowest BCUT2D eigenvalue weighted by molar-refractivity contribution is -0.120. The molecule has 0 aromatic heterocycles. The molecule has 1 fully saturated rings.